The van der Waals surface area contributed by atoms with E-state index in [1.807, 2.05) is 0 Å². The van der Waals surface area contributed by atoms with Crippen molar-refractivity contribution in [3.8, 4) is 5.75 Å². The average Bonchev–Trinajstić information content (AvgIpc) is 2.87. The van der Waals surface area contributed by atoms with Crippen molar-refractivity contribution in [2.24, 2.45) is 0 Å². The van der Waals surface area contributed by atoms with Crippen molar-refractivity contribution in [2.45, 2.75) is 37.2 Å². The molecule has 1 aromatic rings. The zero-order valence-electron chi connectivity index (χ0n) is 20.7. The molecule has 20 heteroatoms. The van der Waals surface area contributed by atoms with Crippen LogP contribution >= 0.6 is 0 Å². The molecule has 220 valence electrons. The Labute approximate surface area is 225 Å². The van der Waals surface area contributed by atoms with Crippen LogP contribution in [-0.2, 0) is 30.8 Å². The number of benzene rings is 1. The number of fused-ring (bicyclic) bond motifs is 1. The zero-order valence-corrected chi connectivity index (χ0v) is 21.5. The number of piperazine rings is 1. The number of aliphatic hydroxyl groups is 1. The largest absolute Gasteiger partial charge is 0.547 e. The van der Waals surface area contributed by atoms with Gasteiger partial charge in [0.05, 0.1) is 11.5 Å². The standard InChI is InChI=1S/C20H25BF3N5O10S/c1-2-28-6-7-29(17(32)16(28)31)19(35)26-12(9-25-40(37,38)20(22,23)24)15(30)27-13-8-10-4-3-5-11(18(33)34)14(10)39-21(13)36/h3-5,12-13,19,25-26,35-36H,2,6-9H2,1H3,(H,27,30)(H,33,34)/t12-,13+,19?/m1/s1. The number of alkyl halides is 3. The molecular weight excluding hydrogens is 570 g/mol. The summed E-state index contributed by atoms with van der Waals surface area (Å²) >= 11 is 0. The quantitative estimate of drug-likeness (QED) is 0.0922. The Morgan fingerprint density at radius 1 is 1.23 bits per heavy atom. The number of para-hydroxylation sites is 1. The molecule has 15 nitrogen and oxygen atoms in total. The number of aliphatic hydroxyl groups excluding tert-OH is 1. The number of carbonyl (C=O) groups is 4. The van der Waals surface area contributed by atoms with Crippen molar-refractivity contribution in [3.05, 3.63) is 29.3 Å². The van der Waals surface area contributed by atoms with E-state index in [9.17, 15) is 56.0 Å². The summed E-state index contributed by atoms with van der Waals surface area (Å²) in [6, 6.07) is 2.07. The molecule has 40 heavy (non-hydrogen) atoms. The second-order valence-electron chi connectivity index (χ2n) is 8.70. The number of hydrogen-bond donors (Lipinski definition) is 6. The number of carboxylic acid groups (broad SMARTS) is 1. The summed E-state index contributed by atoms with van der Waals surface area (Å²) in [5, 5.41) is 34.5. The number of nitrogens with zero attached hydrogens (tertiary/aromatic N) is 2. The highest BCUT2D eigenvalue weighted by Crippen LogP contribution is 2.30. The highest BCUT2D eigenvalue weighted by molar-refractivity contribution is 7.90. The number of carbonyl (C=O) groups excluding carboxylic acids is 3. The summed E-state index contributed by atoms with van der Waals surface area (Å²) in [6.45, 7) is 0.307. The van der Waals surface area contributed by atoms with Gasteiger partial charge in [-0.2, -0.15) is 13.2 Å². The minimum absolute atomic E-state index is 0.000719. The lowest BCUT2D eigenvalue weighted by Gasteiger charge is -2.37. The number of sulfonamides is 1. The van der Waals surface area contributed by atoms with Gasteiger partial charge in [0.15, 0.2) is 6.35 Å². The summed E-state index contributed by atoms with van der Waals surface area (Å²) in [5.41, 5.74) is -5.74. The van der Waals surface area contributed by atoms with Crippen LogP contribution in [0.25, 0.3) is 0 Å². The summed E-state index contributed by atoms with van der Waals surface area (Å²) in [5.74, 6) is -6.19. The maximum atomic E-state index is 13.0. The minimum Gasteiger partial charge on any atom is -0.534 e. The molecule has 0 aromatic heterocycles. The van der Waals surface area contributed by atoms with E-state index in [4.69, 9.17) is 4.65 Å². The van der Waals surface area contributed by atoms with Crippen LogP contribution in [0.1, 0.15) is 22.8 Å². The summed E-state index contributed by atoms with van der Waals surface area (Å²) < 4.78 is 68.0. The molecule has 1 saturated heterocycles. The number of aromatic carboxylic acids is 1. The molecule has 3 amide bonds. The Morgan fingerprint density at radius 2 is 1.90 bits per heavy atom. The summed E-state index contributed by atoms with van der Waals surface area (Å²) in [6.07, 6.45) is -2.30. The van der Waals surface area contributed by atoms with Crippen LogP contribution in [0.2, 0.25) is 0 Å². The van der Waals surface area contributed by atoms with Crippen molar-refractivity contribution in [3.63, 3.8) is 0 Å². The Hall–Kier alpha value is -3.46. The molecule has 0 radical (unpaired) electrons. The molecule has 2 heterocycles. The molecular formula is C20H25BF3N5O10S. The third kappa shape index (κ3) is 6.63. The summed E-state index contributed by atoms with van der Waals surface area (Å²) in [7, 11) is -7.76. The SMILES string of the molecule is CCN1CCN(C(O)N[C@H](CNS(=O)(=O)C(F)(F)F)C(=O)N[C@H]2Cc3cccc(C(=O)O)c3OB2O)C(=O)C1=O. The average molecular weight is 595 g/mol. The molecule has 1 fully saturated rings. The normalized spacial score (nSPS) is 19.6. The summed E-state index contributed by atoms with van der Waals surface area (Å²) in [4.78, 5) is 50.7. The molecule has 2 aliphatic heterocycles. The van der Waals surface area contributed by atoms with Crippen molar-refractivity contribution < 1.29 is 60.7 Å². The number of halogens is 3. The lowest BCUT2D eigenvalue weighted by atomic mass is 9.72. The van der Waals surface area contributed by atoms with Gasteiger partial charge >= 0.3 is 40.4 Å². The lowest BCUT2D eigenvalue weighted by molar-refractivity contribution is -0.165. The minimum atomic E-state index is -5.94. The second kappa shape index (κ2) is 12.0. The fraction of sp³-hybridized carbons (Fsp3) is 0.500. The fourth-order valence-corrected chi connectivity index (χ4v) is 4.55. The molecule has 0 spiro atoms. The van der Waals surface area contributed by atoms with Crippen molar-refractivity contribution in [1.82, 2.24) is 25.2 Å². The topological polar surface area (TPSA) is 215 Å². The Bertz CT molecular complexity index is 1280. The second-order valence-corrected chi connectivity index (χ2v) is 10.5. The Morgan fingerprint density at radius 3 is 2.50 bits per heavy atom. The lowest BCUT2D eigenvalue weighted by Crippen LogP contribution is -2.65. The fourth-order valence-electron chi connectivity index (χ4n) is 4.00. The van der Waals surface area contributed by atoms with E-state index in [0.29, 0.717) is 4.90 Å². The van der Waals surface area contributed by atoms with Gasteiger partial charge in [-0.15, -0.1) is 0 Å². The van der Waals surface area contributed by atoms with Gasteiger partial charge in [-0.1, -0.05) is 12.1 Å². The van der Waals surface area contributed by atoms with Crippen LogP contribution in [0.3, 0.4) is 0 Å². The molecule has 0 saturated carbocycles. The van der Waals surface area contributed by atoms with Crippen LogP contribution in [0.5, 0.6) is 5.75 Å². The molecule has 0 aliphatic carbocycles. The van der Waals surface area contributed by atoms with Crippen molar-refractivity contribution >= 4 is 40.8 Å². The van der Waals surface area contributed by atoms with Gasteiger partial charge in [-0.05, 0) is 25.0 Å². The molecule has 2 aliphatic rings. The number of hydrogen-bond acceptors (Lipinski definition) is 10. The first-order chi connectivity index (χ1) is 18.6. The molecule has 3 rings (SSSR count). The Kier molecular flexibility index (Phi) is 9.29. The number of carboxylic acids is 1. The Balaban J connectivity index is 1.79. The first-order valence-corrected chi connectivity index (χ1v) is 13.2. The highest BCUT2D eigenvalue weighted by atomic mass is 32.2. The van der Waals surface area contributed by atoms with Crippen LogP contribution in [0.4, 0.5) is 13.2 Å². The molecule has 3 atom stereocenters. The molecule has 6 N–H and O–H groups in total. The zero-order chi connectivity index (χ0) is 30.0. The number of likely N-dealkylation sites (N-methyl/N-ethyl adjacent to an activating group) is 1. The van der Waals surface area contributed by atoms with Gasteiger partial charge in [-0.25, -0.2) is 17.9 Å². The van der Waals surface area contributed by atoms with Crippen LogP contribution in [-0.4, -0.2) is 114 Å². The monoisotopic (exact) mass is 595 g/mol. The van der Waals surface area contributed by atoms with E-state index in [0.717, 1.165) is 0 Å². The van der Waals surface area contributed by atoms with Gasteiger partial charge in [-0.3, -0.25) is 24.6 Å². The van der Waals surface area contributed by atoms with E-state index >= 15 is 0 Å². The number of rotatable bonds is 10. The predicted octanol–water partition coefficient (Wildman–Crippen LogP) is -2.81. The van der Waals surface area contributed by atoms with Crippen LogP contribution in [0.15, 0.2) is 18.2 Å². The first-order valence-electron chi connectivity index (χ1n) is 11.7. The van der Waals surface area contributed by atoms with E-state index in [-0.39, 0.29) is 42.9 Å². The van der Waals surface area contributed by atoms with Crippen LogP contribution < -0.4 is 20.0 Å². The smallest absolute Gasteiger partial charge is 0.534 e. The molecule has 1 unspecified atom stereocenters. The number of nitrogens with one attached hydrogen (secondary N) is 3. The highest BCUT2D eigenvalue weighted by Gasteiger charge is 2.47. The first kappa shape index (κ1) is 31.1. The van der Waals surface area contributed by atoms with E-state index in [1.54, 1.807) is 6.92 Å². The third-order valence-electron chi connectivity index (χ3n) is 6.14. The van der Waals surface area contributed by atoms with Gasteiger partial charge in [0.1, 0.15) is 11.8 Å². The number of amides is 3. The molecule has 0 bridgehead atoms. The molecule has 1 aromatic carbocycles. The maximum Gasteiger partial charge on any atom is 0.547 e. The van der Waals surface area contributed by atoms with E-state index in [1.165, 1.54) is 27.8 Å². The maximum absolute atomic E-state index is 13.0. The van der Waals surface area contributed by atoms with Crippen LogP contribution in [0, 0.1) is 0 Å². The van der Waals surface area contributed by atoms with Gasteiger partial charge in [0.25, 0.3) is 0 Å². The van der Waals surface area contributed by atoms with Crippen molar-refractivity contribution in [2.75, 3.05) is 26.2 Å². The van der Waals surface area contributed by atoms with Gasteiger partial charge in [0, 0.05) is 26.2 Å². The van der Waals surface area contributed by atoms with Gasteiger partial charge < -0.3 is 30.1 Å². The predicted molar refractivity (Wildman–Crippen MR) is 128 cm³/mol. The van der Waals surface area contributed by atoms with E-state index < -0.39 is 71.2 Å². The van der Waals surface area contributed by atoms with Gasteiger partial charge in [0.2, 0.25) is 5.91 Å². The van der Waals surface area contributed by atoms with E-state index in [2.05, 4.69) is 10.6 Å². The van der Waals surface area contributed by atoms with Crippen molar-refractivity contribution in [1.29, 1.82) is 0 Å². The third-order valence-corrected chi connectivity index (χ3v) is 7.30.